The zero-order valence-corrected chi connectivity index (χ0v) is 8.88. The van der Waals surface area contributed by atoms with Crippen molar-refractivity contribution in [3.05, 3.63) is 30.4 Å². The summed E-state index contributed by atoms with van der Waals surface area (Å²) in [6.07, 6.45) is 1.26. The second-order valence-corrected chi connectivity index (χ2v) is 4.33. The molecule has 1 aromatic carbocycles. The largest absolute Gasteiger partial charge is 0.437 e. The number of carbonyl (C=O) groups excluding carboxylic acids is 1. The number of fused-ring (bicyclic) bond motifs is 2. The van der Waals surface area contributed by atoms with Crippen molar-refractivity contribution in [2.45, 2.75) is 9.92 Å². The van der Waals surface area contributed by atoms with E-state index in [0.717, 1.165) is 4.90 Å². The van der Waals surface area contributed by atoms with Gasteiger partial charge in [-0.05, 0) is 12.1 Å². The summed E-state index contributed by atoms with van der Waals surface area (Å²) in [6, 6.07) is 5.34. The van der Waals surface area contributed by atoms with Crippen molar-refractivity contribution in [2.24, 2.45) is 0 Å². The molecular weight excluding hydrogens is 223 g/mol. The van der Waals surface area contributed by atoms with Crippen molar-refractivity contribution in [1.29, 1.82) is 0 Å². The lowest BCUT2D eigenvalue weighted by molar-refractivity contribution is 0.0993. The first-order valence-corrected chi connectivity index (χ1v) is 5.38. The summed E-state index contributed by atoms with van der Waals surface area (Å²) in [5.41, 5.74) is 1.29. The van der Waals surface area contributed by atoms with E-state index in [4.69, 9.17) is 12.3 Å². The van der Waals surface area contributed by atoms with Crippen molar-refractivity contribution >= 4 is 36.7 Å². The molecule has 16 heavy (non-hydrogen) atoms. The average Bonchev–Trinajstić information content (AvgIpc) is 2.65. The molecule has 0 bridgehead atoms. The maximum absolute atomic E-state index is 11.7. The molecule has 6 heteroatoms. The van der Waals surface area contributed by atoms with E-state index < -0.39 is 0 Å². The molecule has 2 heterocycles. The summed E-state index contributed by atoms with van der Waals surface area (Å²) in [5.74, 6) is -0.0656. The lowest BCUT2D eigenvalue weighted by Crippen LogP contribution is -2.12. The average molecular weight is 228 g/mol. The molecule has 0 saturated heterocycles. The van der Waals surface area contributed by atoms with E-state index in [1.165, 1.54) is 18.2 Å². The van der Waals surface area contributed by atoms with E-state index in [2.05, 4.69) is 10.3 Å². The highest BCUT2D eigenvalue weighted by atomic mass is 32.2. The Hall–Kier alpha value is -1.69. The number of oxazole rings is 1. The summed E-state index contributed by atoms with van der Waals surface area (Å²) in [6.45, 7) is 0. The van der Waals surface area contributed by atoms with E-state index in [1.54, 1.807) is 12.1 Å². The van der Waals surface area contributed by atoms with Gasteiger partial charge in [0.25, 0.3) is 5.91 Å². The molecule has 0 saturated carbocycles. The Morgan fingerprint density at radius 2 is 2.31 bits per heavy atom. The van der Waals surface area contributed by atoms with Gasteiger partial charge >= 0.3 is 0 Å². The summed E-state index contributed by atoms with van der Waals surface area (Å²) in [4.78, 5) is 16.6. The maximum atomic E-state index is 11.7. The van der Waals surface area contributed by atoms with Gasteiger partial charge in [-0.1, -0.05) is 23.3 Å². The summed E-state index contributed by atoms with van der Waals surface area (Å²) in [7, 11) is 5.66. The van der Waals surface area contributed by atoms with Gasteiger partial charge in [-0.3, -0.25) is 4.79 Å². The third kappa shape index (κ3) is 1.42. The molecule has 76 valence electrons. The zero-order chi connectivity index (χ0) is 11.1. The van der Waals surface area contributed by atoms with Crippen LogP contribution in [-0.2, 0) is 0 Å². The number of benzene rings is 1. The number of rotatable bonds is 0. The van der Waals surface area contributed by atoms with Gasteiger partial charge in [0.2, 0.25) is 5.76 Å². The molecule has 0 fully saturated rings. The lowest BCUT2D eigenvalue weighted by atomic mass is 9.96. The molecule has 1 amide bonds. The van der Waals surface area contributed by atoms with Gasteiger partial charge < -0.3 is 9.73 Å². The van der Waals surface area contributed by atoms with Crippen LogP contribution in [0.4, 0.5) is 5.69 Å². The number of carbonyl (C=O) groups is 1. The predicted octanol–water partition coefficient (Wildman–Crippen LogP) is 1.19. The van der Waals surface area contributed by atoms with Crippen molar-refractivity contribution in [3.8, 4) is 0 Å². The van der Waals surface area contributed by atoms with E-state index in [0.29, 0.717) is 16.2 Å². The molecule has 4 nitrogen and oxygen atoms in total. The third-order valence-corrected chi connectivity index (χ3v) is 3.26. The molecular formula is C10H5BN2O2S. The highest BCUT2D eigenvalue weighted by molar-refractivity contribution is 7.99. The number of nitrogens with zero attached hydrogens (tertiary/aromatic N) is 1. The van der Waals surface area contributed by atoms with Gasteiger partial charge in [-0.2, -0.15) is 0 Å². The van der Waals surface area contributed by atoms with E-state index >= 15 is 0 Å². The normalized spacial score (nSPS) is 13.6. The Morgan fingerprint density at radius 1 is 1.44 bits per heavy atom. The second-order valence-electron chi connectivity index (χ2n) is 3.30. The van der Waals surface area contributed by atoms with Crippen molar-refractivity contribution < 1.29 is 9.21 Å². The van der Waals surface area contributed by atoms with Crippen molar-refractivity contribution in [1.82, 2.24) is 4.98 Å². The number of hydrogen-bond donors (Lipinski definition) is 1. The van der Waals surface area contributed by atoms with Crippen LogP contribution in [0.25, 0.3) is 0 Å². The fraction of sp³-hybridized carbons (Fsp3) is 0. The van der Waals surface area contributed by atoms with Crippen molar-refractivity contribution in [3.63, 3.8) is 0 Å². The number of nitrogens with one attached hydrogen (secondary N) is 1. The minimum atomic E-state index is -0.302. The third-order valence-electron chi connectivity index (χ3n) is 2.20. The maximum Gasteiger partial charge on any atom is 0.294 e. The first kappa shape index (κ1) is 9.53. The molecule has 3 rings (SSSR count). The first-order valence-electron chi connectivity index (χ1n) is 4.56. The Labute approximate surface area is 96.8 Å². The number of anilines is 1. The highest BCUT2D eigenvalue weighted by Gasteiger charge is 2.23. The molecule has 1 N–H and O–H groups in total. The van der Waals surface area contributed by atoms with Crippen LogP contribution in [0, 0.1) is 0 Å². The van der Waals surface area contributed by atoms with Gasteiger partial charge in [0.1, 0.15) is 7.85 Å². The summed E-state index contributed by atoms with van der Waals surface area (Å²) < 4.78 is 5.03. The minimum absolute atomic E-state index is 0.236. The summed E-state index contributed by atoms with van der Waals surface area (Å²) in [5, 5.41) is 3.30. The Balaban J connectivity index is 2.16. The zero-order valence-electron chi connectivity index (χ0n) is 8.06. The quantitative estimate of drug-likeness (QED) is 0.688. The number of amides is 1. The van der Waals surface area contributed by atoms with Gasteiger partial charge in [0.15, 0.2) is 11.4 Å². The lowest BCUT2D eigenvalue weighted by Gasteiger charge is -2.06. The SMILES string of the molecule is [B]c1ccc2c(c1)NC(=O)c1ocnc1S2. The molecule has 0 spiro atoms. The Kier molecular flexibility index (Phi) is 2.04. The van der Waals surface area contributed by atoms with Gasteiger partial charge in [-0.25, -0.2) is 4.98 Å². The van der Waals surface area contributed by atoms with Crippen LogP contribution in [0.3, 0.4) is 0 Å². The molecule has 2 radical (unpaired) electrons. The van der Waals surface area contributed by atoms with Crippen LogP contribution in [-0.4, -0.2) is 18.7 Å². The van der Waals surface area contributed by atoms with Crippen LogP contribution >= 0.6 is 11.8 Å². The minimum Gasteiger partial charge on any atom is -0.437 e. The predicted molar refractivity (Wildman–Crippen MR) is 60.4 cm³/mol. The number of hydrogen-bond acceptors (Lipinski definition) is 4. The molecule has 0 atom stereocenters. The molecule has 0 aliphatic carbocycles. The molecule has 1 aliphatic heterocycles. The Morgan fingerprint density at radius 3 is 3.19 bits per heavy atom. The smallest absolute Gasteiger partial charge is 0.294 e. The van der Waals surface area contributed by atoms with E-state index in [-0.39, 0.29) is 11.7 Å². The van der Waals surface area contributed by atoms with Crippen LogP contribution in [0.1, 0.15) is 10.6 Å². The van der Waals surface area contributed by atoms with E-state index in [9.17, 15) is 4.79 Å². The van der Waals surface area contributed by atoms with Crippen molar-refractivity contribution in [2.75, 3.05) is 5.32 Å². The van der Waals surface area contributed by atoms with E-state index in [1.807, 2.05) is 6.07 Å². The second kappa shape index (κ2) is 3.42. The topological polar surface area (TPSA) is 55.1 Å². The monoisotopic (exact) mass is 228 g/mol. The first-order chi connectivity index (χ1) is 7.74. The van der Waals surface area contributed by atoms with Gasteiger partial charge in [-0.15, -0.1) is 0 Å². The molecule has 0 unspecified atom stereocenters. The standard InChI is InChI=1S/C10H5BN2O2S/c11-5-1-2-7-6(3-5)13-9(14)8-10(16-7)12-4-15-8/h1-4H,(H,13,14). The number of aromatic nitrogens is 1. The summed E-state index contributed by atoms with van der Waals surface area (Å²) >= 11 is 1.38. The van der Waals surface area contributed by atoms with Gasteiger partial charge in [0.05, 0.1) is 5.69 Å². The molecule has 1 aliphatic rings. The van der Waals surface area contributed by atoms with Crippen LogP contribution < -0.4 is 10.8 Å². The van der Waals surface area contributed by atoms with Gasteiger partial charge in [0, 0.05) is 4.90 Å². The highest BCUT2D eigenvalue weighted by Crippen LogP contribution is 2.36. The fourth-order valence-corrected chi connectivity index (χ4v) is 2.37. The van der Waals surface area contributed by atoms with Crippen LogP contribution in [0.15, 0.2) is 38.9 Å². The molecule has 1 aromatic heterocycles. The fourth-order valence-electron chi connectivity index (χ4n) is 1.48. The molecule has 2 aromatic rings. The Bertz CT molecular complexity index is 582. The van der Waals surface area contributed by atoms with Crippen LogP contribution in [0.5, 0.6) is 0 Å². The van der Waals surface area contributed by atoms with Crippen LogP contribution in [0.2, 0.25) is 0 Å².